The normalized spacial score (nSPS) is 10.8. The van der Waals surface area contributed by atoms with Crippen molar-refractivity contribution in [3.05, 3.63) is 0 Å². The second-order valence-corrected chi connectivity index (χ2v) is 5.85. The third kappa shape index (κ3) is 13.5. The third-order valence-electron chi connectivity index (χ3n) is 3.29. The number of carbonyl (C=O) groups is 1. The van der Waals surface area contributed by atoms with Gasteiger partial charge in [-0.2, -0.15) is 0 Å². The molecule has 0 aromatic carbocycles. The first-order valence-electron chi connectivity index (χ1n) is 7.38. The monoisotopic (exact) mass is 284 g/mol. The molecular weight excluding hydrogens is 256 g/mol. The smallest absolute Gasteiger partial charge is 0.207 e. The van der Waals surface area contributed by atoms with E-state index in [1.165, 1.54) is 44.9 Å². The Labute approximate surface area is 123 Å². The number of hydrogen-bond donors (Lipinski definition) is 1. The summed E-state index contributed by atoms with van der Waals surface area (Å²) >= 11 is 4.65. The van der Waals surface area contributed by atoms with E-state index in [1.807, 2.05) is 0 Å². The van der Waals surface area contributed by atoms with Gasteiger partial charge >= 0.3 is 0 Å². The van der Waals surface area contributed by atoms with Crippen LogP contribution in [0.3, 0.4) is 0 Å². The first kappa shape index (κ1) is 18.3. The fourth-order valence-electron chi connectivity index (χ4n) is 2.08. The predicted molar refractivity (Wildman–Crippen MR) is 84.7 cm³/mol. The van der Waals surface area contributed by atoms with Crippen LogP contribution in [0.5, 0.6) is 0 Å². The van der Waals surface area contributed by atoms with Gasteiger partial charge in [0.25, 0.3) is 0 Å². The van der Waals surface area contributed by atoms with E-state index in [1.54, 1.807) is 0 Å². The van der Waals surface area contributed by atoms with Gasteiger partial charge in [0.1, 0.15) is 0 Å². The van der Waals surface area contributed by atoms with Gasteiger partial charge < -0.3 is 5.32 Å². The van der Waals surface area contributed by atoms with Crippen LogP contribution in [0.2, 0.25) is 0 Å². The van der Waals surface area contributed by atoms with E-state index in [0.717, 1.165) is 25.8 Å². The fraction of sp³-hybridized carbons (Fsp3) is 0.867. The first-order valence-corrected chi connectivity index (χ1v) is 7.79. The Morgan fingerprint density at radius 1 is 1.05 bits per heavy atom. The van der Waals surface area contributed by atoms with E-state index in [0.29, 0.717) is 0 Å². The number of rotatable bonds is 13. The lowest BCUT2D eigenvalue weighted by Crippen LogP contribution is -2.15. The summed E-state index contributed by atoms with van der Waals surface area (Å²) in [6.45, 7) is 5.04. The van der Waals surface area contributed by atoms with Crippen molar-refractivity contribution in [2.24, 2.45) is 4.99 Å². The lowest BCUT2D eigenvalue weighted by Gasteiger charge is -2.17. The summed E-state index contributed by atoms with van der Waals surface area (Å²) in [7, 11) is 0. The summed E-state index contributed by atoms with van der Waals surface area (Å²) in [6.07, 6.45) is 11.9. The molecule has 0 unspecified atom stereocenters. The summed E-state index contributed by atoms with van der Waals surface area (Å²) in [5.74, 6) is 0. The number of nitrogens with zero attached hydrogens (tertiary/aromatic N) is 1. The van der Waals surface area contributed by atoms with Crippen LogP contribution in [0.15, 0.2) is 4.99 Å². The minimum Gasteiger partial charge on any atom is -0.359 e. The van der Waals surface area contributed by atoms with E-state index in [2.05, 4.69) is 41.5 Å². The van der Waals surface area contributed by atoms with E-state index >= 15 is 0 Å². The lowest BCUT2D eigenvalue weighted by atomic mass is 9.97. The van der Waals surface area contributed by atoms with Crippen molar-refractivity contribution in [3.63, 3.8) is 0 Å². The molecule has 0 aliphatic carbocycles. The number of nitrogens with one attached hydrogen (secondary N) is 1. The molecule has 0 aliphatic heterocycles. The molecule has 0 radical (unpaired) electrons. The van der Waals surface area contributed by atoms with E-state index in [-0.39, 0.29) is 5.54 Å². The van der Waals surface area contributed by atoms with E-state index in [4.69, 9.17) is 0 Å². The summed E-state index contributed by atoms with van der Waals surface area (Å²) in [6, 6.07) is 0. The maximum atomic E-state index is 10.0. The molecular formula is C15H28N2OS. The van der Waals surface area contributed by atoms with Crippen molar-refractivity contribution in [3.8, 4) is 0 Å². The highest BCUT2D eigenvalue weighted by atomic mass is 32.1. The second-order valence-electron chi connectivity index (χ2n) is 5.67. The van der Waals surface area contributed by atoms with Crippen molar-refractivity contribution in [1.29, 1.82) is 0 Å². The molecule has 0 bridgehead atoms. The average molecular weight is 284 g/mol. The van der Waals surface area contributed by atoms with Gasteiger partial charge in [0.15, 0.2) is 0 Å². The number of isothiocyanates is 1. The molecule has 0 saturated carbocycles. The molecule has 19 heavy (non-hydrogen) atoms. The van der Waals surface area contributed by atoms with Gasteiger partial charge in [0, 0.05) is 6.54 Å². The quantitative estimate of drug-likeness (QED) is 0.239. The zero-order valence-electron chi connectivity index (χ0n) is 12.4. The van der Waals surface area contributed by atoms with Gasteiger partial charge in [-0.15, -0.1) is 0 Å². The van der Waals surface area contributed by atoms with Crippen molar-refractivity contribution in [2.75, 3.05) is 6.54 Å². The van der Waals surface area contributed by atoms with Crippen LogP contribution in [0, 0.1) is 0 Å². The van der Waals surface area contributed by atoms with E-state index in [9.17, 15) is 4.79 Å². The fourth-order valence-corrected chi connectivity index (χ4v) is 2.33. The first-order chi connectivity index (χ1) is 9.12. The number of carbonyl (C=O) groups excluding carboxylic acids is 1. The number of hydrogen-bond acceptors (Lipinski definition) is 3. The highest BCUT2D eigenvalue weighted by Crippen LogP contribution is 2.18. The van der Waals surface area contributed by atoms with Crippen molar-refractivity contribution >= 4 is 23.8 Å². The molecule has 0 spiro atoms. The molecule has 110 valence electrons. The van der Waals surface area contributed by atoms with Crippen LogP contribution in [0.1, 0.15) is 71.6 Å². The Morgan fingerprint density at radius 2 is 1.58 bits per heavy atom. The zero-order valence-corrected chi connectivity index (χ0v) is 13.2. The molecule has 0 atom stereocenters. The largest absolute Gasteiger partial charge is 0.359 e. The maximum absolute atomic E-state index is 10.0. The number of unbranched alkanes of at least 4 members (excludes halogenated alkanes) is 7. The second kappa shape index (κ2) is 12.3. The van der Waals surface area contributed by atoms with Gasteiger partial charge in [0.05, 0.1) is 10.7 Å². The van der Waals surface area contributed by atoms with Crippen LogP contribution in [0.4, 0.5) is 0 Å². The molecule has 0 aliphatic rings. The lowest BCUT2D eigenvalue weighted by molar-refractivity contribution is -0.109. The van der Waals surface area contributed by atoms with Gasteiger partial charge in [-0.05, 0) is 38.9 Å². The summed E-state index contributed by atoms with van der Waals surface area (Å²) in [4.78, 5) is 14.2. The third-order valence-corrected chi connectivity index (χ3v) is 3.38. The zero-order chi connectivity index (χ0) is 14.4. The molecule has 0 saturated heterocycles. The minimum atomic E-state index is -0.0344. The van der Waals surface area contributed by atoms with Crippen molar-refractivity contribution in [2.45, 2.75) is 77.2 Å². The van der Waals surface area contributed by atoms with Crippen LogP contribution < -0.4 is 5.32 Å². The summed E-state index contributed by atoms with van der Waals surface area (Å²) in [5.41, 5.74) is -0.0344. The standard InChI is InChI=1S/C15H28N2OS/c1-15(2,17-14-19)11-9-7-5-3-4-6-8-10-12-16-13-18/h13H,3-12H2,1-2H3,(H,16,18). The molecule has 4 heteroatoms. The summed E-state index contributed by atoms with van der Waals surface area (Å²) in [5, 5.41) is 5.17. The van der Waals surface area contributed by atoms with Crippen LogP contribution in [-0.4, -0.2) is 23.7 Å². The molecule has 0 rings (SSSR count). The van der Waals surface area contributed by atoms with Gasteiger partial charge in [-0.25, -0.2) is 4.99 Å². The highest BCUT2D eigenvalue weighted by Gasteiger charge is 2.14. The molecule has 0 heterocycles. The van der Waals surface area contributed by atoms with Crippen LogP contribution in [-0.2, 0) is 4.79 Å². The minimum absolute atomic E-state index is 0.0344. The Kier molecular flexibility index (Phi) is 11.8. The molecule has 0 fully saturated rings. The molecule has 3 nitrogen and oxygen atoms in total. The molecule has 1 N–H and O–H groups in total. The Hall–Kier alpha value is -0.730. The highest BCUT2D eigenvalue weighted by molar-refractivity contribution is 7.78. The van der Waals surface area contributed by atoms with E-state index < -0.39 is 0 Å². The number of amides is 1. The Bertz CT molecular complexity index is 273. The Balaban J connectivity index is 3.23. The summed E-state index contributed by atoms with van der Waals surface area (Å²) < 4.78 is 0. The molecule has 0 aromatic rings. The molecule has 0 aromatic heterocycles. The average Bonchev–Trinajstić information content (AvgIpc) is 2.36. The number of thiocarbonyl (C=S) groups is 1. The molecule has 1 amide bonds. The van der Waals surface area contributed by atoms with Crippen molar-refractivity contribution < 1.29 is 4.79 Å². The van der Waals surface area contributed by atoms with Gasteiger partial charge in [-0.1, -0.05) is 44.9 Å². The van der Waals surface area contributed by atoms with Gasteiger partial charge in [0.2, 0.25) is 6.41 Å². The Morgan fingerprint density at radius 3 is 2.11 bits per heavy atom. The SMILES string of the molecule is CC(C)(CCCCCCCCCCNC=O)N=C=S. The van der Waals surface area contributed by atoms with Crippen LogP contribution >= 0.6 is 12.2 Å². The van der Waals surface area contributed by atoms with Crippen molar-refractivity contribution in [1.82, 2.24) is 5.32 Å². The van der Waals surface area contributed by atoms with Gasteiger partial charge in [-0.3, -0.25) is 4.79 Å². The topological polar surface area (TPSA) is 41.5 Å². The van der Waals surface area contributed by atoms with Crippen LogP contribution in [0.25, 0.3) is 0 Å². The predicted octanol–water partition coefficient (Wildman–Crippen LogP) is 4.12. The maximum Gasteiger partial charge on any atom is 0.207 e. The number of aliphatic imine (C=N–C) groups is 1.